The van der Waals surface area contributed by atoms with E-state index in [0.29, 0.717) is 11.3 Å². The molecule has 3 aliphatic heterocycles. The van der Waals surface area contributed by atoms with E-state index in [1.165, 1.54) is 0 Å². The number of carbonyl (C=O) groups is 3. The van der Waals surface area contributed by atoms with Crippen molar-refractivity contribution in [1.82, 2.24) is 4.98 Å². The molecule has 0 aliphatic carbocycles. The van der Waals surface area contributed by atoms with Crippen molar-refractivity contribution in [3.63, 3.8) is 0 Å². The summed E-state index contributed by atoms with van der Waals surface area (Å²) in [6, 6.07) is 24.8. The molecule has 4 aromatic rings. The minimum absolute atomic E-state index is 0.196. The minimum atomic E-state index is -1.35. The first-order valence-corrected chi connectivity index (χ1v) is 13.9. The summed E-state index contributed by atoms with van der Waals surface area (Å²) in [5, 5.41) is 3.08. The lowest BCUT2D eigenvalue weighted by Gasteiger charge is -2.39. The first-order valence-electron chi connectivity index (χ1n) is 13.9. The Hall–Kier alpha value is -4.84. The Balaban J connectivity index is 1.56. The van der Waals surface area contributed by atoms with Crippen LogP contribution in [-0.2, 0) is 10.2 Å². The second-order valence-corrected chi connectivity index (χ2v) is 11.3. The number of carbonyl (C=O) groups excluding carboxylic acids is 3. The highest BCUT2D eigenvalue weighted by molar-refractivity contribution is 6.18. The molecule has 1 N–H and O–H groups in total. The molecule has 4 heterocycles. The topological polar surface area (TPSA) is 79.4 Å². The Labute approximate surface area is 238 Å². The summed E-state index contributed by atoms with van der Waals surface area (Å²) in [6.45, 7) is 6.04. The van der Waals surface area contributed by atoms with Crippen LogP contribution in [0.2, 0.25) is 0 Å². The quantitative estimate of drug-likeness (QED) is 0.325. The normalized spacial score (nSPS) is 23.9. The van der Waals surface area contributed by atoms with Crippen molar-refractivity contribution >= 4 is 34.4 Å². The van der Waals surface area contributed by atoms with Crippen LogP contribution in [-0.4, -0.2) is 34.5 Å². The third-order valence-corrected chi connectivity index (χ3v) is 8.94. The van der Waals surface area contributed by atoms with Crippen molar-refractivity contribution in [2.75, 3.05) is 10.2 Å². The maximum absolute atomic E-state index is 14.7. The second-order valence-electron chi connectivity index (χ2n) is 11.3. The van der Waals surface area contributed by atoms with Crippen molar-refractivity contribution in [2.45, 2.75) is 38.3 Å². The van der Waals surface area contributed by atoms with Crippen molar-refractivity contribution in [3.05, 3.63) is 131 Å². The van der Waals surface area contributed by atoms with Gasteiger partial charge in [-0.05, 0) is 62.2 Å². The van der Waals surface area contributed by atoms with Crippen LogP contribution in [0.25, 0.3) is 5.57 Å². The highest BCUT2D eigenvalue weighted by Gasteiger charge is 2.70. The van der Waals surface area contributed by atoms with Crippen LogP contribution in [0, 0.1) is 19.8 Å². The number of fused-ring (bicyclic) bond motifs is 6. The van der Waals surface area contributed by atoms with Crippen LogP contribution >= 0.6 is 0 Å². The predicted molar refractivity (Wildman–Crippen MR) is 159 cm³/mol. The molecule has 6 nitrogen and oxygen atoms in total. The van der Waals surface area contributed by atoms with Gasteiger partial charge in [0.05, 0.1) is 12.0 Å². The molecule has 3 aromatic carbocycles. The van der Waals surface area contributed by atoms with E-state index in [2.05, 4.69) is 22.4 Å². The molecule has 6 heteroatoms. The van der Waals surface area contributed by atoms with Crippen LogP contribution in [0.4, 0.5) is 11.4 Å². The van der Waals surface area contributed by atoms with E-state index in [9.17, 15) is 14.4 Å². The van der Waals surface area contributed by atoms with Crippen LogP contribution in [0.5, 0.6) is 0 Å². The molecule has 0 saturated carbocycles. The van der Waals surface area contributed by atoms with E-state index in [0.717, 1.165) is 33.5 Å². The number of allylic oxidation sites excluding steroid dienone is 1. The number of hydrogen-bond donors (Lipinski definition) is 1. The van der Waals surface area contributed by atoms with Crippen molar-refractivity contribution in [2.24, 2.45) is 5.92 Å². The van der Waals surface area contributed by atoms with E-state index in [-0.39, 0.29) is 23.2 Å². The summed E-state index contributed by atoms with van der Waals surface area (Å²) in [5.41, 5.74) is 5.76. The SMILES string of the molecule is CC1=C[C@H]2N(c3ccc(C)cc31)[C@H](C(=O)c1ccc(C)cc1)[C@@H](C(=O)c1ccccn1)[C@]21C(=O)Nc2ccccc21. The van der Waals surface area contributed by atoms with E-state index in [1.807, 2.05) is 86.3 Å². The third kappa shape index (κ3) is 3.50. The van der Waals surface area contributed by atoms with Gasteiger partial charge in [-0.25, -0.2) is 0 Å². The molecule has 1 fully saturated rings. The molecule has 202 valence electrons. The van der Waals surface area contributed by atoms with Gasteiger partial charge in [-0.2, -0.15) is 0 Å². The molecule has 0 unspecified atom stereocenters. The van der Waals surface area contributed by atoms with Gasteiger partial charge in [-0.15, -0.1) is 0 Å². The molecule has 1 saturated heterocycles. The molecule has 1 spiro atoms. The highest BCUT2D eigenvalue weighted by Crippen LogP contribution is 2.58. The van der Waals surface area contributed by atoms with E-state index in [4.69, 9.17) is 0 Å². The average Bonchev–Trinajstić information content (AvgIpc) is 3.45. The minimum Gasteiger partial charge on any atom is -0.352 e. The fraction of sp³-hybridized carbons (Fsp3) is 0.200. The lowest BCUT2D eigenvalue weighted by molar-refractivity contribution is -0.121. The zero-order valence-corrected chi connectivity index (χ0v) is 23.1. The largest absolute Gasteiger partial charge is 0.352 e. The average molecular weight is 540 g/mol. The first-order chi connectivity index (χ1) is 19.8. The number of nitrogens with one attached hydrogen (secondary N) is 1. The first kappa shape index (κ1) is 25.1. The lowest BCUT2D eigenvalue weighted by atomic mass is 9.64. The summed E-state index contributed by atoms with van der Waals surface area (Å²) in [4.78, 5) is 50.3. The van der Waals surface area contributed by atoms with E-state index < -0.39 is 23.4 Å². The van der Waals surface area contributed by atoms with Gasteiger partial charge in [0.1, 0.15) is 17.2 Å². The number of nitrogens with zero attached hydrogens (tertiary/aromatic N) is 2. The number of aryl methyl sites for hydroxylation is 2. The number of anilines is 2. The van der Waals surface area contributed by atoms with Gasteiger partial charge in [0.15, 0.2) is 11.6 Å². The van der Waals surface area contributed by atoms with Gasteiger partial charge >= 0.3 is 0 Å². The van der Waals surface area contributed by atoms with Crippen LogP contribution < -0.4 is 10.2 Å². The zero-order chi connectivity index (χ0) is 28.5. The smallest absolute Gasteiger partial charge is 0.238 e. The molecule has 0 bridgehead atoms. The Morgan fingerprint density at radius 3 is 2.34 bits per heavy atom. The Kier molecular flexibility index (Phi) is 5.58. The molecule has 4 atom stereocenters. The summed E-state index contributed by atoms with van der Waals surface area (Å²) in [5.74, 6) is -1.83. The molecule has 0 radical (unpaired) electrons. The fourth-order valence-corrected chi connectivity index (χ4v) is 7.10. The van der Waals surface area contributed by atoms with Crippen LogP contribution in [0.3, 0.4) is 0 Å². The Morgan fingerprint density at radius 2 is 1.59 bits per heavy atom. The number of Topliss-reactive ketones (excluding diaryl/α,β-unsaturated/α-hetero) is 2. The van der Waals surface area contributed by atoms with Gasteiger partial charge in [-0.3, -0.25) is 19.4 Å². The second kappa shape index (κ2) is 9.10. The number of para-hydroxylation sites is 1. The maximum Gasteiger partial charge on any atom is 0.238 e. The van der Waals surface area contributed by atoms with Crippen molar-refractivity contribution < 1.29 is 14.4 Å². The number of benzene rings is 3. The third-order valence-electron chi connectivity index (χ3n) is 8.94. The summed E-state index contributed by atoms with van der Waals surface area (Å²) < 4.78 is 0. The van der Waals surface area contributed by atoms with Crippen LogP contribution in [0.15, 0.2) is 97.2 Å². The number of pyridine rings is 1. The van der Waals surface area contributed by atoms with Gasteiger partial charge in [0, 0.05) is 28.7 Å². The summed E-state index contributed by atoms with van der Waals surface area (Å²) in [6.07, 6.45) is 3.65. The molecule has 1 aromatic heterocycles. The van der Waals surface area contributed by atoms with Gasteiger partial charge in [-0.1, -0.05) is 71.8 Å². The number of hydrogen-bond acceptors (Lipinski definition) is 5. The highest BCUT2D eigenvalue weighted by atomic mass is 16.2. The molecule has 3 aliphatic rings. The standard InChI is InChI=1S/C35H29N3O3/c1-20-11-14-23(15-12-20)32(39)31-30(33(40)27-10-6-7-17-36-27)35(25-8-4-5-9-26(25)37-34(35)41)29-19-22(3)24-18-21(2)13-16-28(24)38(29)31/h4-19,29-31H,1-3H3,(H,37,41)/t29-,30+,31+,35-/m1/s1. The molecule has 1 amide bonds. The van der Waals surface area contributed by atoms with E-state index in [1.54, 1.807) is 24.4 Å². The predicted octanol–water partition coefficient (Wildman–Crippen LogP) is 5.94. The number of amides is 1. The zero-order valence-electron chi connectivity index (χ0n) is 23.1. The Morgan fingerprint density at radius 1 is 0.854 bits per heavy atom. The monoisotopic (exact) mass is 539 g/mol. The Bertz CT molecular complexity index is 1780. The number of ketones is 2. The lowest BCUT2D eigenvalue weighted by Crippen LogP contribution is -2.51. The van der Waals surface area contributed by atoms with Gasteiger partial charge < -0.3 is 10.2 Å². The number of aromatic nitrogens is 1. The maximum atomic E-state index is 14.7. The van der Waals surface area contributed by atoms with Crippen molar-refractivity contribution in [3.8, 4) is 0 Å². The molecule has 41 heavy (non-hydrogen) atoms. The molecular weight excluding hydrogens is 510 g/mol. The number of rotatable bonds is 4. The summed E-state index contributed by atoms with van der Waals surface area (Å²) in [7, 11) is 0. The van der Waals surface area contributed by atoms with Crippen molar-refractivity contribution in [1.29, 1.82) is 0 Å². The molecular formula is C35H29N3O3. The molecule has 7 rings (SSSR count). The van der Waals surface area contributed by atoms with Gasteiger partial charge in [0.2, 0.25) is 5.91 Å². The van der Waals surface area contributed by atoms with Gasteiger partial charge in [0.25, 0.3) is 0 Å². The van der Waals surface area contributed by atoms with E-state index >= 15 is 0 Å². The van der Waals surface area contributed by atoms with Crippen LogP contribution in [0.1, 0.15) is 50.0 Å². The summed E-state index contributed by atoms with van der Waals surface area (Å²) >= 11 is 0. The fourth-order valence-electron chi connectivity index (χ4n) is 7.10.